The molecular weight excluding hydrogens is 270 g/mol. The van der Waals surface area contributed by atoms with Gasteiger partial charge in [0, 0.05) is 5.56 Å². The molecule has 0 aliphatic rings. The zero-order valence-electron chi connectivity index (χ0n) is 10.4. The first-order valence-corrected chi connectivity index (χ1v) is 7.32. The Morgan fingerprint density at radius 1 is 1.37 bits per heavy atom. The minimum absolute atomic E-state index is 0.00677. The van der Waals surface area contributed by atoms with Crippen molar-refractivity contribution in [1.82, 2.24) is 0 Å². The maximum Gasteiger partial charge on any atom is 0.321 e. The Hall–Kier alpha value is -1.89. The average Bonchev–Trinajstić information content (AvgIpc) is 2.28. The third-order valence-corrected chi connectivity index (χ3v) is 4.80. The van der Waals surface area contributed by atoms with Crippen LogP contribution in [-0.2, 0) is 20.4 Å². The van der Waals surface area contributed by atoms with Crippen LogP contribution < -0.4 is 5.73 Å². The van der Waals surface area contributed by atoms with Gasteiger partial charge < -0.3 is 10.8 Å². The molecule has 1 aromatic rings. The monoisotopic (exact) mass is 285 g/mol. The number of carbonyl (C=O) groups excluding carboxylic acids is 1. The predicted octanol–water partition coefficient (Wildman–Crippen LogP) is 0.564. The van der Waals surface area contributed by atoms with Crippen molar-refractivity contribution in [2.75, 3.05) is 0 Å². The third kappa shape index (κ3) is 3.78. The third-order valence-electron chi connectivity index (χ3n) is 2.66. The first-order chi connectivity index (χ1) is 8.77. The van der Waals surface area contributed by atoms with Crippen molar-refractivity contribution in [3.63, 3.8) is 0 Å². The van der Waals surface area contributed by atoms with Crippen LogP contribution in [0.1, 0.15) is 29.3 Å². The highest BCUT2D eigenvalue weighted by Crippen LogP contribution is 2.15. The van der Waals surface area contributed by atoms with Crippen LogP contribution in [0.25, 0.3) is 0 Å². The number of hydrogen-bond donors (Lipinski definition) is 2. The molecule has 7 heteroatoms. The number of rotatable bonds is 6. The molecule has 1 unspecified atom stereocenters. The SMILES string of the molecule is CCC(C(=O)O)S(=O)(=O)Cc1cccc(C(N)=O)c1. The van der Waals surface area contributed by atoms with Gasteiger partial charge in [-0.1, -0.05) is 19.1 Å². The van der Waals surface area contributed by atoms with Gasteiger partial charge in [0.2, 0.25) is 5.91 Å². The molecule has 0 heterocycles. The number of amides is 1. The summed E-state index contributed by atoms with van der Waals surface area (Å²) in [5.74, 6) is -2.46. The van der Waals surface area contributed by atoms with Crippen LogP contribution in [0.2, 0.25) is 0 Å². The molecule has 1 amide bonds. The van der Waals surface area contributed by atoms with E-state index in [0.717, 1.165) is 0 Å². The molecule has 6 nitrogen and oxygen atoms in total. The van der Waals surface area contributed by atoms with E-state index in [-0.39, 0.29) is 12.0 Å². The maximum atomic E-state index is 12.0. The molecular formula is C12H15NO5S. The second-order valence-electron chi connectivity index (χ2n) is 4.11. The smallest absolute Gasteiger partial charge is 0.321 e. The van der Waals surface area contributed by atoms with Gasteiger partial charge in [0.1, 0.15) is 0 Å². The van der Waals surface area contributed by atoms with Crippen LogP contribution >= 0.6 is 0 Å². The van der Waals surface area contributed by atoms with Gasteiger partial charge in [-0.05, 0) is 24.1 Å². The van der Waals surface area contributed by atoms with Crippen molar-refractivity contribution in [3.8, 4) is 0 Å². The quantitative estimate of drug-likeness (QED) is 0.792. The number of nitrogens with two attached hydrogens (primary N) is 1. The summed E-state index contributed by atoms with van der Waals surface area (Å²) in [6, 6.07) is 5.84. The van der Waals surface area contributed by atoms with Crippen LogP contribution in [0.4, 0.5) is 0 Å². The van der Waals surface area contributed by atoms with Gasteiger partial charge in [-0.15, -0.1) is 0 Å². The second kappa shape index (κ2) is 5.83. The van der Waals surface area contributed by atoms with Gasteiger partial charge in [0.05, 0.1) is 5.75 Å². The fourth-order valence-electron chi connectivity index (χ4n) is 1.73. The van der Waals surface area contributed by atoms with E-state index in [1.54, 1.807) is 0 Å². The van der Waals surface area contributed by atoms with Crippen molar-refractivity contribution in [1.29, 1.82) is 0 Å². The zero-order chi connectivity index (χ0) is 14.6. The Morgan fingerprint density at radius 2 is 2.00 bits per heavy atom. The van der Waals surface area contributed by atoms with Crippen molar-refractivity contribution in [3.05, 3.63) is 35.4 Å². The zero-order valence-corrected chi connectivity index (χ0v) is 11.2. The van der Waals surface area contributed by atoms with E-state index in [4.69, 9.17) is 10.8 Å². The van der Waals surface area contributed by atoms with Crippen molar-refractivity contribution < 1.29 is 23.1 Å². The minimum atomic E-state index is -3.82. The molecule has 1 rings (SSSR count). The number of carbonyl (C=O) groups is 2. The standard InChI is InChI=1S/C12H15NO5S/c1-2-10(12(15)16)19(17,18)7-8-4-3-5-9(6-8)11(13)14/h3-6,10H,2,7H2,1H3,(H2,13,14)(H,15,16). The lowest BCUT2D eigenvalue weighted by Gasteiger charge is -2.11. The summed E-state index contributed by atoms with van der Waals surface area (Å²) in [5.41, 5.74) is 5.63. The first kappa shape index (κ1) is 15.2. The lowest BCUT2D eigenvalue weighted by molar-refractivity contribution is -0.136. The number of carboxylic acid groups (broad SMARTS) is 1. The molecule has 0 saturated carbocycles. The summed E-state index contributed by atoms with van der Waals surface area (Å²) in [4.78, 5) is 21.9. The Kier molecular flexibility index (Phi) is 4.66. The summed E-state index contributed by atoms with van der Waals surface area (Å²) >= 11 is 0. The average molecular weight is 285 g/mol. The Bertz CT molecular complexity index is 594. The van der Waals surface area contributed by atoms with E-state index < -0.39 is 32.7 Å². The maximum absolute atomic E-state index is 12.0. The lowest BCUT2D eigenvalue weighted by atomic mass is 10.1. The van der Waals surface area contributed by atoms with Crippen molar-refractivity contribution in [2.24, 2.45) is 5.73 Å². The molecule has 3 N–H and O–H groups in total. The van der Waals surface area contributed by atoms with Crippen LogP contribution in [0, 0.1) is 0 Å². The molecule has 0 saturated heterocycles. The number of primary amides is 1. The van der Waals surface area contributed by atoms with Gasteiger partial charge in [-0.3, -0.25) is 9.59 Å². The molecule has 0 aliphatic carbocycles. The van der Waals surface area contributed by atoms with Gasteiger partial charge >= 0.3 is 5.97 Å². The summed E-state index contributed by atoms with van der Waals surface area (Å²) in [6.45, 7) is 1.50. The molecule has 1 aromatic carbocycles. The van der Waals surface area contributed by atoms with Crippen molar-refractivity contribution in [2.45, 2.75) is 24.3 Å². The topological polar surface area (TPSA) is 115 Å². The summed E-state index contributed by atoms with van der Waals surface area (Å²) < 4.78 is 23.9. The van der Waals surface area contributed by atoms with Gasteiger partial charge in [0.25, 0.3) is 0 Å². The van der Waals surface area contributed by atoms with Gasteiger partial charge in [-0.2, -0.15) is 0 Å². The van der Waals surface area contributed by atoms with E-state index in [1.165, 1.54) is 31.2 Å². The van der Waals surface area contributed by atoms with E-state index in [0.29, 0.717) is 5.56 Å². The molecule has 1 atom stereocenters. The molecule has 0 aliphatic heterocycles. The normalized spacial score (nSPS) is 12.9. The predicted molar refractivity (Wildman–Crippen MR) is 69.3 cm³/mol. The Morgan fingerprint density at radius 3 is 2.47 bits per heavy atom. The highest BCUT2D eigenvalue weighted by Gasteiger charge is 2.30. The summed E-state index contributed by atoms with van der Waals surface area (Å²) in [6.07, 6.45) is -0.00677. The number of sulfone groups is 1. The summed E-state index contributed by atoms with van der Waals surface area (Å²) in [5, 5.41) is 7.44. The number of aliphatic carboxylic acids is 1. The van der Waals surface area contributed by atoms with E-state index in [1.807, 2.05) is 0 Å². The largest absolute Gasteiger partial charge is 0.480 e. The minimum Gasteiger partial charge on any atom is -0.480 e. The van der Waals surface area contributed by atoms with Crippen LogP contribution in [0.3, 0.4) is 0 Å². The lowest BCUT2D eigenvalue weighted by Crippen LogP contribution is -2.30. The fraction of sp³-hybridized carbons (Fsp3) is 0.333. The molecule has 19 heavy (non-hydrogen) atoms. The van der Waals surface area contributed by atoms with Gasteiger partial charge in [0.15, 0.2) is 15.1 Å². The number of benzene rings is 1. The van der Waals surface area contributed by atoms with E-state index in [9.17, 15) is 18.0 Å². The highest BCUT2D eigenvalue weighted by molar-refractivity contribution is 7.92. The molecule has 0 aromatic heterocycles. The summed E-state index contributed by atoms with van der Waals surface area (Å²) in [7, 11) is -3.82. The van der Waals surface area contributed by atoms with Crippen LogP contribution in [0.5, 0.6) is 0 Å². The van der Waals surface area contributed by atoms with Gasteiger partial charge in [-0.25, -0.2) is 8.42 Å². The van der Waals surface area contributed by atoms with Crippen LogP contribution in [0.15, 0.2) is 24.3 Å². The molecule has 0 radical (unpaired) electrons. The highest BCUT2D eigenvalue weighted by atomic mass is 32.2. The fourth-order valence-corrected chi connectivity index (χ4v) is 3.39. The molecule has 0 spiro atoms. The molecule has 104 valence electrons. The second-order valence-corrected chi connectivity index (χ2v) is 6.29. The Balaban J connectivity index is 3.04. The number of carboxylic acids is 1. The molecule has 0 fully saturated rings. The number of hydrogen-bond acceptors (Lipinski definition) is 4. The van der Waals surface area contributed by atoms with E-state index >= 15 is 0 Å². The Labute approximate surface area is 111 Å². The van der Waals surface area contributed by atoms with E-state index in [2.05, 4.69) is 0 Å². The first-order valence-electron chi connectivity index (χ1n) is 5.61. The molecule has 0 bridgehead atoms. The van der Waals surface area contributed by atoms with Crippen molar-refractivity contribution >= 4 is 21.7 Å². The van der Waals surface area contributed by atoms with Crippen LogP contribution in [-0.4, -0.2) is 30.7 Å².